The molecule has 0 aromatic rings. The SMILES string of the molecule is CC(=O)[O-].CC(=O)[O-].CC(=O)[O-].CC(=O)[O-].NCCN.O.O.O=C([O-])[C@H](O)[C@@H](O)[C@H](O)[C@H](O)CO.O=C([O-])[C@H](O)[C@@H](O)[C@H](O)[C@H](O)CO.[Na+].[Na+].[Na+].[Na+].[Na+].[Na+]. The Labute approximate surface area is 442 Å². The number of hydrogen-bond acceptors (Lipinski definition) is 24. The van der Waals surface area contributed by atoms with Crippen molar-refractivity contribution < 1.29 is 299 Å². The Kier molecular flexibility index (Phi) is 131. The van der Waals surface area contributed by atoms with Crippen LogP contribution in [0, 0.1) is 0 Å². The molecule has 0 heterocycles. The molecule has 0 unspecified atom stereocenters. The second-order valence-corrected chi connectivity index (χ2v) is 7.53. The molecular weight excluding hydrogens is 814 g/mol. The van der Waals surface area contributed by atoms with E-state index in [1.807, 2.05) is 0 Å². The number of carboxylic acid groups (broad SMARTS) is 6. The first-order valence-electron chi connectivity index (χ1n) is 11.9. The van der Waals surface area contributed by atoms with Crippen LogP contribution in [0.4, 0.5) is 0 Å². The summed E-state index contributed by atoms with van der Waals surface area (Å²) in [4.78, 5) is 55.5. The minimum absolute atomic E-state index is 0. The first-order valence-corrected chi connectivity index (χ1v) is 11.9. The number of aliphatic carboxylic acids is 6. The van der Waals surface area contributed by atoms with E-state index in [-0.39, 0.29) is 188 Å². The van der Waals surface area contributed by atoms with Crippen molar-refractivity contribution in [2.24, 2.45) is 11.5 Å². The van der Waals surface area contributed by atoms with E-state index in [2.05, 4.69) is 0 Å². The summed E-state index contributed by atoms with van der Waals surface area (Å²) in [6, 6.07) is 0. The smallest absolute Gasteiger partial charge is 0.550 e. The summed E-state index contributed by atoms with van der Waals surface area (Å²) in [5.41, 5.74) is 9.81. The van der Waals surface area contributed by atoms with Gasteiger partial charge >= 0.3 is 177 Å². The molecule has 18 N–H and O–H groups in total. The van der Waals surface area contributed by atoms with Gasteiger partial charge in [0.1, 0.15) is 48.8 Å². The Hall–Kier alpha value is 2.26. The standard InChI is InChI=1S/2C6H12O7.C2H8N2.4C2H4O2.6Na.2H2O/c2*7-1-2(8)3(9)4(10)5(11)6(12)13;3-1-2-4;4*1-2(3)4;;;;;;;;/h2*2-5,7-11H,1H2,(H,12,13);1-4H2;4*1H3,(H,3,4);;;;;;;2*1H2/q;;;;;;;6*+1;;/p-6/t2*2-,3-,4+,5-;;;;;;;;;;;;;/m11............./s1. The van der Waals surface area contributed by atoms with E-state index in [9.17, 15) is 19.8 Å². The van der Waals surface area contributed by atoms with Gasteiger partial charge in [0, 0.05) is 37.0 Å². The minimum atomic E-state index is -2.31. The Balaban J connectivity index is -0.0000000266. The molecule has 0 aliphatic rings. The van der Waals surface area contributed by atoms with Crippen LogP contribution in [0.5, 0.6) is 0 Å². The second kappa shape index (κ2) is 69.9. The minimum Gasteiger partial charge on any atom is -0.550 e. The van der Waals surface area contributed by atoms with E-state index in [1.54, 1.807) is 0 Å². The average Bonchev–Trinajstić information content (AvgIpc) is 2.92. The normalized spacial score (nSPS) is 12.2. The Morgan fingerprint density at radius 3 is 0.630 bits per heavy atom. The third-order valence-corrected chi connectivity index (χ3v) is 3.16. The van der Waals surface area contributed by atoms with Crippen molar-refractivity contribution in [3.8, 4) is 0 Å². The number of aliphatic hydroxyl groups is 10. The summed E-state index contributed by atoms with van der Waals surface area (Å²) in [7, 11) is 0. The van der Waals surface area contributed by atoms with Crippen molar-refractivity contribution in [2.45, 2.75) is 76.5 Å². The van der Waals surface area contributed by atoms with Crippen molar-refractivity contribution in [3.05, 3.63) is 0 Å². The average molecular weight is 861 g/mol. The first kappa shape index (κ1) is 101. The maximum Gasteiger partial charge on any atom is 1.00 e. The van der Waals surface area contributed by atoms with Crippen LogP contribution < -0.4 is 219 Å². The van der Waals surface area contributed by atoms with E-state index >= 15 is 0 Å². The molecule has 294 valence electrons. The molecule has 0 aromatic heterocycles. The Morgan fingerprint density at radius 2 is 0.556 bits per heavy atom. The molecule has 0 aliphatic heterocycles. The number of carbonyl (C=O) groups is 6. The van der Waals surface area contributed by atoms with Crippen LogP contribution >= 0.6 is 0 Å². The summed E-state index contributed by atoms with van der Waals surface area (Å²) in [6.45, 7) is 3.36. The summed E-state index contributed by atoms with van der Waals surface area (Å²) >= 11 is 0. The van der Waals surface area contributed by atoms with Gasteiger partial charge in [-0.3, -0.25) is 0 Å². The van der Waals surface area contributed by atoms with E-state index in [4.69, 9.17) is 102 Å². The van der Waals surface area contributed by atoms with E-state index in [0.29, 0.717) is 13.1 Å². The van der Waals surface area contributed by atoms with Gasteiger partial charge in [-0.2, -0.15) is 0 Å². The fourth-order valence-electron chi connectivity index (χ4n) is 1.32. The van der Waals surface area contributed by atoms with Crippen molar-refractivity contribution in [1.29, 1.82) is 0 Å². The Morgan fingerprint density at radius 1 is 0.426 bits per heavy atom. The predicted octanol–water partition coefficient (Wildman–Crippen LogP) is -35.4. The van der Waals surface area contributed by atoms with E-state index in [1.165, 1.54) is 0 Å². The van der Waals surface area contributed by atoms with Gasteiger partial charge in [-0.1, -0.05) is 0 Å². The van der Waals surface area contributed by atoms with Crippen molar-refractivity contribution in [2.75, 3.05) is 26.3 Å². The zero-order valence-electron chi connectivity index (χ0n) is 32.0. The summed E-state index contributed by atoms with van der Waals surface area (Å²) in [5.74, 6) is -8.28. The number of hydrogen-bond donors (Lipinski definition) is 12. The van der Waals surface area contributed by atoms with Crippen LogP contribution in [0.25, 0.3) is 0 Å². The molecule has 26 nitrogen and oxygen atoms in total. The van der Waals surface area contributed by atoms with Gasteiger partial charge in [0.2, 0.25) is 0 Å². The number of carbonyl (C=O) groups excluding carboxylic acids is 6. The maximum atomic E-state index is 9.98. The van der Waals surface area contributed by atoms with Crippen molar-refractivity contribution >= 4 is 35.8 Å². The molecule has 0 rings (SSSR count). The monoisotopic (exact) mass is 860 g/mol. The molecule has 0 aliphatic carbocycles. The molecule has 54 heavy (non-hydrogen) atoms. The van der Waals surface area contributed by atoms with E-state index < -0.39 is 97.9 Å². The molecule has 0 fully saturated rings. The molecular formula is C22H46N2Na6O24. The molecule has 0 amide bonds. The second-order valence-electron chi connectivity index (χ2n) is 7.53. The van der Waals surface area contributed by atoms with Gasteiger partial charge < -0.3 is 133 Å². The number of carboxylic acids is 6. The van der Waals surface area contributed by atoms with Crippen LogP contribution in [-0.4, -0.2) is 173 Å². The quantitative estimate of drug-likeness (QED) is 0.0858. The Bertz CT molecular complexity index is 725. The third-order valence-electron chi connectivity index (χ3n) is 3.16. The summed E-state index contributed by atoms with van der Waals surface area (Å²) in [6.07, 6.45) is -16.2. The van der Waals surface area contributed by atoms with Crippen LogP contribution in [0.1, 0.15) is 27.7 Å². The van der Waals surface area contributed by atoms with Gasteiger partial charge in [-0.25, -0.2) is 0 Å². The zero-order chi connectivity index (χ0) is 38.9. The summed E-state index contributed by atoms with van der Waals surface area (Å²) in [5, 5.41) is 142. The molecule has 0 saturated heterocycles. The first-order chi connectivity index (χ1) is 20.7. The summed E-state index contributed by atoms with van der Waals surface area (Å²) < 4.78 is 0. The van der Waals surface area contributed by atoms with Gasteiger partial charge in [-0.15, -0.1) is 0 Å². The van der Waals surface area contributed by atoms with Gasteiger partial charge in [-0.05, 0) is 27.7 Å². The fraction of sp³-hybridized carbons (Fsp3) is 0.727. The molecule has 0 saturated carbocycles. The molecule has 8 atom stereocenters. The molecule has 0 radical (unpaired) electrons. The van der Waals surface area contributed by atoms with Gasteiger partial charge in [0.05, 0.1) is 25.2 Å². The number of nitrogens with two attached hydrogens (primary N) is 2. The molecule has 0 aromatic carbocycles. The number of aliphatic hydroxyl groups excluding tert-OH is 10. The zero-order valence-corrected chi connectivity index (χ0v) is 44.0. The molecule has 0 spiro atoms. The van der Waals surface area contributed by atoms with Crippen LogP contribution in [0.2, 0.25) is 0 Å². The van der Waals surface area contributed by atoms with Crippen molar-refractivity contribution in [3.63, 3.8) is 0 Å². The van der Waals surface area contributed by atoms with Crippen molar-refractivity contribution in [1.82, 2.24) is 0 Å². The molecule has 0 bridgehead atoms. The maximum absolute atomic E-state index is 9.98. The van der Waals surface area contributed by atoms with Crippen LogP contribution in [-0.2, 0) is 28.8 Å². The molecule has 32 heteroatoms. The van der Waals surface area contributed by atoms with Gasteiger partial charge in [0.15, 0.2) is 0 Å². The number of rotatable bonds is 11. The topological polar surface area (TPSA) is 558 Å². The third kappa shape index (κ3) is 99.9. The predicted molar refractivity (Wildman–Crippen MR) is 140 cm³/mol. The van der Waals surface area contributed by atoms with Gasteiger partial charge in [0.25, 0.3) is 0 Å². The van der Waals surface area contributed by atoms with E-state index in [0.717, 1.165) is 27.7 Å². The van der Waals surface area contributed by atoms with Crippen LogP contribution in [0.3, 0.4) is 0 Å². The fourth-order valence-corrected chi connectivity index (χ4v) is 1.32. The largest absolute Gasteiger partial charge is 1.00 e. The van der Waals surface area contributed by atoms with Crippen LogP contribution in [0.15, 0.2) is 0 Å².